The Bertz CT molecular complexity index is 1030. The molecule has 1 aliphatic heterocycles. The third-order valence-corrected chi connectivity index (χ3v) is 5.64. The number of carbonyl (C=O) groups is 3. The highest BCUT2D eigenvalue weighted by atomic mass is 32.2. The molecule has 11 heteroatoms. The van der Waals surface area contributed by atoms with Gasteiger partial charge < -0.3 is 14.5 Å². The highest BCUT2D eigenvalue weighted by Crippen LogP contribution is 2.17. The van der Waals surface area contributed by atoms with E-state index in [0.717, 1.165) is 4.90 Å². The molecule has 29 heavy (non-hydrogen) atoms. The van der Waals surface area contributed by atoms with Gasteiger partial charge >= 0.3 is 12.0 Å². The number of carbonyl (C=O) groups excluding carboxylic acids is 3. The number of nitrogens with zero attached hydrogens (tertiary/aromatic N) is 1. The van der Waals surface area contributed by atoms with Gasteiger partial charge in [-0.2, -0.15) is 0 Å². The molecule has 0 bridgehead atoms. The van der Waals surface area contributed by atoms with Crippen molar-refractivity contribution in [2.45, 2.75) is 18.4 Å². The summed E-state index contributed by atoms with van der Waals surface area (Å²) in [5.41, 5.74) is 0.482. The van der Waals surface area contributed by atoms with E-state index < -0.39 is 34.5 Å². The maximum atomic E-state index is 12.5. The van der Waals surface area contributed by atoms with Gasteiger partial charge in [0.25, 0.3) is 5.91 Å². The largest absolute Gasteiger partial charge is 0.468 e. The summed E-state index contributed by atoms with van der Waals surface area (Å²) >= 11 is 0. The van der Waals surface area contributed by atoms with Crippen molar-refractivity contribution in [3.05, 3.63) is 53.5 Å². The molecule has 2 N–H and O–H groups in total. The van der Waals surface area contributed by atoms with Crippen LogP contribution >= 0.6 is 0 Å². The molecule has 0 radical (unpaired) electrons. The summed E-state index contributed by atoms with van der Waals surface area (Å²) in [6.45, 7) is 1.47. The normalized spacial score (nSPS) is 14.0. The number of rotatable bonds is 7. The van der Waals surface area contributed by atoms with Gasteiger partial charge in [-0.05, 0) is 36.8 Å². The summed E-state index contributed by atoms with van der Waals surface area (Å²) in [5.74, 6) is -1.08. The van der Waals surface area contributed by atoms with Gasteiger partial charge in [-0.3, -0.25) is 9.69 Å². The van der Waals surface area contributed by atoms with Crippen LogP contribution in [0.15, 0.2) is 45.9 Å². The molecule has 0 saturated carbocycles. The fourth-order valence-corrected chi connectivity index (χ4v) is 3.66. The lowest BCUT2D eigenvalue weighted by Gasteiger charge is -2.13. The second kappa shape index (κ2) is 8.45. The van der Waals surface area contributed by atoms with Crippen LogP contribution in [0, 0.1) is 6.92 Å². The van der Waals surface area contributed by atoms with E-state index in [2.05, 4.69) is 10.0 Å². The summed E-state index contributed by atoms with van der Waals surface area (Å²) in [6.07, 6.45) is 1.43. The van der Waals surface area contributed by atoms with E-state index in [9.17, 15) is 22.8 Å². The van der Waals surface area contributed by atoms with Gasteiger partial charge in [0.2, 0.25) is 10.0 Å². The summed E-state index contributed by atoms with van der Waals surface area (Å²) in [7, 11) is -3.91. The van der Waals surface area contributed by atoms with Gasteiger partial charge in [-0.25, -0.2) is 22.7 Å². The van der Waals surface area contributed by atoms with Crippen molar-refractivity contribution in [2.75, 3.05) is 19.7 Å². The Morgan fingerprint density at radius 1 is 1.31 bits per heavy atom. The number of hydrogen-bond donors (Lipinski definition) is 2. The molecule has 154 valence electrons. The van der Waals surface area contributed by atoms with Crippen LogP contribution in [0.3, 0.4) is 0 Å². The molecular weight excluding hydrogens is 402 g/mol. The van der Waals surface area contributed by atoms with Crippen molar-refractivity contribution in [3.63, 3.8) is 0 Å². The third-order valence-electron chi connectivity index (χ3n) is 4.24. The quantitative estimate of drug-likeness (QED) is 0.631. The minimum Gasteiger partial charge on any atom is -0.468 e. The molecule has 1 aromatic heterocycles. The average Bonchev–Trinajstić information content (AvgIpc) is 3.36. The number of sulfonamides is 1. The summed E-state index contributed by atoms with van der Waals surface area (Å²) in [5, 5.41) is 2.47. The Labute approximate surface area is 166 Å². The molecule has 1 fully saturated rings. The Morgan fingerprint density at radius 2 is 2.10 bits per heavy atom. The maximum absolute atomic E-state index is 12.5. The van der Waals surface area contributed by atoms with Crippen LogP contribution < -0.4 is 10.0 Å². The Morgan fingerprint density at radius 3 is 2.76 bits per heavy atom. The number of benzene rings is 1. The fraction of sp³-hybridized carbons (Fsp3) is 0.278. The first-order valence-electron chi connectivity index (χ1n) is 8.66. The summed E-state index contributed by atoms with van der Waals surface area (Å²) < 4.78 is 37.4. The number of nitrogens with one attached hydrogen (secondary N) is 2. The first kappa shape index (κ1) is 20.6. The van der Waals surface area contributed by atoms with Gasteiger partial charge in [-0.15, -0.1) is 0 Å². The van der Waals surface area contributed by atoms with Crippen LogP contribution in [0.5, 0.6) is 0 Å². The number of imide groups is 1. The van der Waals surface area contributed by atoms with Crippen LogP contribution in [0.25, 0.3) is 0 Å². The SMILES string of the molecule is Cc1ccc(S(=O)(=O)NCc2ccco2)cc1C(=O)OCC(=O)N1CCNC1=O. The number of esters is 1. The molecule has 2 aromatic rings. The number of hydrogen-bond acceptors (Lipinski definition) is 7. The molecule has 3 amide bonds. The summed E-state index contributed by atoms with van der Waals surface area (Å²) in [4.78, 5) is 36.6. The van der Waals surface area contributed by atoms with Crippen molar-refractivity contribution in [1.82, 2.24) is 14.9 Å². The van der Waals surface area contributed by atoms with Crippen molar-refractivity contribution < 1.29 is 32.0 Å². The molecule has 1 aliphatic rings. The Kier molecular flexibility index (Phi) is 5.99. The lowest BCUT2D eigenvalue weighted by atomic mass is 10.1. The molecule has 1 aromatic carbocycles. The van der Waals surface area contributed by atoms with Crippen LogP contribution in [-0.4, -0.2) is 50.9 Å². The van der Waals surface area contributed by atoms with Gasteiger partial charge in [0.05, 0.1) is 23.3 Å². The minimum absolute atomic E-state index is 0.00421. The molecule has 0 unspecified atom stereocenters. The standard InChI is InChI=1S/C18H19N3O7S/c1-12-4-5-14(29(25,26)20-10-13-3-2-8-27-13)9-15(12)17(23)28-11-16(22)21-7-6-19-18(21)24/h2-5,8-9,20H,6-7,10-11H2,1H3,(H,19,24). The highest BCUT2D eigenvalue weighted by molar-refractivity contribution is 7.89. The second-order valence-corrected chi connectivity index (χ2v) is 8.00. The number of furan rings is 1. The zero-order chi connectivity index (χ0) is 21.0. The minimum atomic E-state index is -3.91. The van der Waals surface area contributed by atoms with Crippen molar-refractivity contribution in [2.24, 2.45) is 0 Å². The first-order chi connectivity index (χ1) is 13.8. The average molecular weight is 421 g/mol. The monoisotopic (exact) mass is 421 g/mol. The third kappa shape index (κ3) is 4.81. The predicted octanol–water partition coefficient (Wildman–Crippen LogP) is 0.775. The molecule has 0 spiro atoms. The molecule has 1 saturated heterocycles. The summed E-state index contributed by atoms with van der Waals surface area (Å²) in [6, 6.07) is 6.71. The molecule has 10 nitrogen and oxygen atoms in total. The fourth-order valence-electron chi connectivity index (χ4n) is 2.64. The van der Waals surface area contributed by atoms with E-state index in [1.54, 1.807) is 19.1 Å². The second-order valence-electron chi connectivity index (χ2n) is 6.23. The molecule has 3 rings (SSSR count). The number of ether oxygens (including phenoxy) is 1. The van der Waals surface area contributed by atoms with E-state index in [4.69, 9.17) is 9.15 Å². The predicted molar refractivity (Wildman–Crippen MR) is 99.3 cm³/mol. The van der Waals surface area contributed by atoms with Gasteiger partial charge in [0, 0.05) is 13.1 Å². The van der Waals surface area contributed by atoms with Gasteiger partial charge in [-0.1, -0.05) is 6.07 Å². The zero-order valence-electron chi connectivity index (χ0n) is 15.5. The lowest BCUT2D eigenvalue weighted by Crippen LogP contribution is -2.37. The first-order valence-corrected chi connectivity index (χ1v) is 10.1. The molecular formula is C18H19N3O7S. The smallest absolute Gasteiger partial charge is 0.338 e. The van der Waals surface area contributed by atoms with E-state index in [1.807, 2.05) is 0 Å². The van der Waals surface area contributed by atoms with Crippen molar-refractivity contribution in [3.8, 4) is 0 Å². The van der Waals surface area contributed by atoms with E-state index >= 15 is 0 Å². The Balaban J connectivity index is 1.68. The van der Waals surface area contributed by atoms with Crippen LogP contribution in [0.1, 0.15) is 21.7 Å². The molecule has 0 aliphatic carbocycles. The lowest BCUT2D eigenvalue weighted by molar-refractivity contribution is -0.130. The van der Waals surface area contributed by atoms with Crippen LogP contribution in [-0.2, 0) is 26.1 Å². The highest BCUT2D eigenvalue weighted by Gasteiger charge is 2.27. The van der Waals surface area contributed by atoms with E-state index in [0.29, 0.717) is 17.9 Å². The zero-order valence-corrected chi connectivity index (χ0v) is 16.3. The molecule has 2 heterocycles. The number of urea groups is 1. The van der Waals surface area contributed by atoms with Crippen LogP contribution in [0.4, 0.5) is 4.79 Å². The van der Waals surface area contributed by atoms with Crippen molar-refractivity contribution >= 4 is 27.9 Å². The van der Waals surface area contributed by atoms with Gasteiger partial charge in [0.15, 0.2) is 6.61 Å². The number of amides is 3. The van der Waals surface area contributed by atoms with Crippen molar-refractivity contribution in [1.29, 1.82) is 0 Å². The Hall–Kier alpha value is -3.18. The van der Waals surface area contributed by atoms with E-state index in [-0.39, 0.29) is 23.5 Å². The number of aryl methyl sites for hydroxylation is 1. The topological polar surface area (TPSA) is 135 Å². The van der Waals surface area contributed by atoms with E-state index in [1.165, 1.54) is 24.5 Å². The van der Waals surface area contributed by atoms with Gasteiger partial charge in [0.1, 0.15) is 5.76 Å². The maximum Gasteiger partial charge on any atom is 0.338 e. The van der Waals surface area contributed by atoms with Crippen LogP contribution in [0.2, 0.25) is 0 Å². The molecule has 0 atom stereocenters.